The molecule has 17 heavy (non-hydrogen) atoms. The first-order chi connectivity index (χ1) is 8.15. The van der Waals surface area contributed by atoms with Crippen molar-refractivity contribution >= 4 is 0 Å². The minimum Gasteiger partial charge on any atom is -0.461 e. The maximum absolute atomic E-state index is 12.8. The van der Waals surface area contributed by atoms with E-state index in [1.54, 1.807) is 19.1 Å². The predicted octanol–water partition coefficient (Wildman–Crippen LogP) is 3.40. The van der Waals surface area contributed by atoms with Crippen molar-refractivity contribution < 1.29 is 13.9 Å². The van der Waals surface area contributed by atoms with Gasteiger partial charge in [-0.1, -0.05) is 0 Å². The highest BCUT2D eigenvalue weighted by Crippen LogP contribution is 2.23. The Labute approximate surface area is 99.7 Å². The van der Waals surface area contributed by atoms with E-state index in [2.05, 4.69) is 0 Å². The SMILES string of the molecule is C[C@@H](O)CCc1ccc(-c2ccc(F)cc2)o1. The molecular formula is C14H15FO2. The van der Waals surface area contributed by atoms with E-state index in [1.807, 2.05) is 12.1 Å². The summed E-state index contributed by atoms with van der Waals surface area (Å²) in [5.41, 5.74) is 0.856. The number of halogens is 1. The first kappa shape index (κ1) is 11.9. The molecule has 1 atom stereocenters. The second kappa shape index (κ2) is 5.15. The van der Waals surface area contributed by atoms with Crippen molar-refractivity contribution in [2.75, 3.05) is 0 Å². The van der Waals surface area contributed by atoms with Gasteiger partial charge in [-0.05, 0) is 49.7 Å². The summed E-state index contributed by atoms with van der Waals surface area (Å²) in [7, 11) is 0. The number of hydrogen-bond donors (Lipinski definition) is 1. The highest BCUT2D eigenvalue weighted by molar-refractivity contribution is 5.57. The van der Waals surface area contributed by atoms with Gasteiger partial charge in [0.25, 0.3) is 0 Å². The van der Waals surface area contributed by atoms with E-state index in [9.17, 15) is 9.50 Å². The van der Waals surface area contributed by atoms with Crippen molar-refractivity contribution in [1.82, 2.24) is 0 Å². The van der Waals surface area contributed by atoms with Crippen LogP contribution in [-0.4, -0.2) is 11.2 Å². The Bertz CT molecular complexity index is 471. The van der Waals surface area contributed by atoms with E-state index in [0.717, 1.165) is 17.1 Å². The third kappa shape index (κ3) is 3.17. The van der Waals surface area contributed by atoms with Crippen molar-refractivity contribution in [2.45, 2.75) is 25.9 Å². The van der Waals surface area contributed by atoms with Crippen LogP contribution in [0.1, 0.15) is 19.1 Å². The summed E-state index contributed by atoms with van der Waals surface area (Å²) in [6, 6.07) is 9.95. The van der Waals surface area contributed by atoms with Gasteiger partial charge < -0.3 is 9.52 Å². The van der Waals surface area contributed by atoms with Gasteiger partial charge in [0.05, 0.1) is 6.10 Å². The summed E-state index contributed by atoms with van der Waals surface area (Å²) < 4.78 is 18.4. The average Bonchev–Trinajstić information content (AvgIpc) is 2.76. The molecule has 0 saturated heterocycles. The topological polar surface area (TPSA) is 33.4 Å². The summed E-state index contributed by atoms with van der Waals surface area (Å²) in [4.78, 5) is 0. The largest absolute Gasteiger partial charge is 0.461 e. The number of rotatable bonds is 4. The second-order valence-electron chi connectivity index (χ2n) is 4.16. The zero-order valence-corrected chi connectivity index (χ0v) is 9.69. The lowest BCUT2D eigenvalue weighted by atomic mass is 10.2. The summed E-state index contributed by atoms with van der Waals surface area (Å²) in [6.07, 6.45) is 1.06. The molecule has 3 heteroatoms. The third-order valence-corrected chi connectivity index (χ3v) is 2.60. The molecule has 1 heterocycles. The molecular weight excluding hydrogens is 219 g/mol. The van der Waals surface area contributed by atoms with Crippen LogP contribution in [0.5, 0.6) is 0 Å². The van der Waals surface area contributed by atoms with Crippen LogP contribution >= 0.6 is 0 Å². The smallest absolute Gasteiger partial charge is 0.134 e. The van der Waals surface area contributed by atoms with Crippen LogP contribution in [0.25, 0.3) is 11.3 Å². The maximum Gasteiger partial charge on any atom is 0.134 e. The van der Waals surface area contributed by atoms with Gasteiger partial charge in [-0.15, -0.1) is 0 Å². The van der Waals surface area contributed by atoms with E-state index >= 15 is 0 Å². The van der Waals surface area contributed by atoms with Crippen LogP contribution in [0.4, 0.5) is 4.39 Å². The normalized spacial score (nSPS) is 12.6. The monoisotopic (exact) mass is 234 g/mol. The number of hydrogen-bond acceptors (Lipinski definition) is 2. The first-order valence-electron chi connectivity index (χ1n) is 5.68. The Kier molecular flexibility index (Phi) is 3.59. The molecule has 2 rings (SSSR count). The first-order valence-corrected chi connectivity index (χ1v) is 5.68. The molecule has 0 aliphatic heterocycles. The third-order valence-electron chi connectivity index (χ3n) is 2.60. The van der Waals surface area contributed by atoms with Crippen molar-refractivity contribution in [3.05, 3.63) is 48.0 Å². The van der Waals surface area contributed by atoms with Gasteiger partial charge in [-0.25, -0.2) is 4.39 Å². The number of aliphatic hydroxyl groups excluding tert-OH is 1. The number of furan rings is 1. The van der Waals surface area contributed by atoms with Gasteiger partial charge in [0, 0.05) is 12.0 Å². The molecule has 0 aliphatic rings. The molecule has 0 unspecified atom stereocenters. The fourth-order valence-electron chi connectivity index (χ4n) is 1.63. The molecule has 0 spiro atoms. The van der Waals surface area contributed by atoms with Gasteiger partial charge in [0.2, 0.25) is 0 Å². The van der Waals surface area contributed by atoms with Gasteiger partial charge in [-0.2, -0.15) is 0 Å². The van der Waals surface area contributed by atoms with Crippen molar-refractivity contribution in [1.29, 1.82) is 0 Å². The lowest BCUT2D eigenvalue weighted by Gasteiger charge is -2.01. The molecule has 0 bridgehead atoms. The molecule has 2 nitrogen and oxygen atoms in total. The minimum absolute atomic E-state index is 0.255. The molecule has 2 aromatic rings. The van der Waals surface area contributed by atoms with Gasteiger partial charge in [-0.3, -0.25) is 0 Å². The number of aliphatic hydroxyl groups is 1. The average molecular weight is 234 g/mol. The summed E-state index contributed by atoms with van der Waals surface area (Å²) in [6.45, 7) is 1.75. The van der Waals surface area contributed by atoms with Crippen LogP contribution in [0.15, 0.2) is 40.8 Å². The predicted molar refractivity (Wildman–Crippen MR) is 64.1 cm³/mol. The summed E-state index contributed by atoms with van der Waals surface area (Å²) in [5, 5.41) is 9.18. The van der Waals surface area contributed by atoms with E-state index in [1.165, 1.54) is 12.1 Å². The Morgan fingerprint density at radius 2 is 1.88 bits per heavy atom. The van der Waals surface area contributed by atoms with Crippen LogP contribution < -0.4 is 0 Å². The Hall–Kier alpha value is -1.61. The fraction of sp³-hybridized carbons (Fsp3) is 0.286. The van der Waals surface area contributed by atoms with Gasteiger partial charge >= 0.3 is 0 Å². The molecule has 0 fully saturated rings. The molecule has 0 amide bonds. The Balaban J connectivity index is 2.10. The van der Waals surface area contributed by atoms with Crippen LogP contribution in [0, 0.1) is 5.82 Å². The molecule has 0 saturated carbocycles. The van der Waals surface area contributed by atoms with Crippen LogP contribution in [-0.2, 0) is 6.42 Å². The van der Waals surface area contributed by atoms with Crippen molar-refractivity contribution in [3.8, 4) is 11.3 Å². The minimum atomic E-state index is -0.325. The maximum atomic E-state index is 12.8. The highest BCUT2D eigenvalue weighted by atomic mass is 19.1. The quantitative estimate of drug-likeness (QED) is 0.879. The fourth-order valence-corrected chi connectivity index (χ4v) is 1.63. The zero-order valence-electron chi connectivity index (χ0n) is 9.69. The van der Waals surface area contributed by atoms with E-state index < -0.39 is 0 Å². The Morgan fingerprint density at radius 3 is 2.53 bits per heavy atom. The molecule has 1 aromatic carbocycles. The van der Waals surface area contributed by atoms with Crippen LogP contribution in [0.3, 0.4) is 0 Å². The van der Waals surface area contributed by atoms with Crippen LogP contribution in [0.2, 0.25) is 0 Å². The van der Waals surface area contributed by atoms with Crippen molar-refractivity contribution in [2.24, 2.45) is 0 Å². The number of aryl methyl sites for hydroxylation is 1. The molecule has 90 valence electrons. The standard InChI is InChI=1S/C14H15FO2/c1-10(16)2-7-13-8-9-14(17-13)11-3-5-12(15)6-4-11/h3-6,8-10,16H,2,7H2,1H3/t10-/m1/s1. The molecule has 1 aromatic heterocycles. The van der Waals surface area contributed by atoms with Gasteiger partial charge in [0.15, 0.2) is 0 Å². The molecule has 0 radical (unpaired) electrons. The second-order valence-corrected chi connectivity index (χ2v) is 4.16. The molecule has 1 N–H and O–H groups in total. The lowest BCUT2D eigenvalue weighted by molar-refractivity contribution is 0.182. The van der Waals surface area contributed by atoms with E-state index in [-0.39, 0.29) is 11.9 Å². The zero-order chi connectivity index (χ0) is 12.3. The highest BCUT2D eigenvalue weighted by Gasteiger charge is 2.06. The van der Waals surface area contributed by atoms with E-state index in [4.69, 9.17) is 4.42 Å². The Morgan fingerprint density at radius 1 is 1.18 bits per heavy atom. The summed E-state index contributed by atoms with van der Waals surface area (Å²) >= 11 is 0. The van der Waals surface area contributed by atoms with E-state index in [0.29, 0.717) is 12.8 Å². The van der Waals surface area contributed by atoms with Gasteiger partial charge in [0.1, 0.15) is 17.3 Å². The lowest BCUT2D eigenvalue weighted by Crippen LogP contribution is -2.00. The summed E-state index contributed by atoms with van der Waals surface area (Å²) in [5.74, 6) is 1.31. The number of benzene rings is 1. The molecule has 0 aliphatic carbocycles. The van der Waals surface area contributed by atoms with Crippen molar-refractivity contribution in [3.63, 3.8) is 0 Å².